The van der Waals surface area contributed by atoms with Gasteiger partial charge in [-0.2, -0.15) is 0 Å². The summed E-state index contributed by atoms with van der Waals surface area (Å²) in [5.74, 6) is -1.94. The third-order valence-electron chi connectivity index (χ3n) is 5.63. The normalized spacial score (nSPS) is 30.3. The van der Waals surface area contributed by atoms with Gasteiger partial charge in [0.05, 0.1) is 17.2 Å². The Bertz CT molecular complexity index is 1130. The molecule has 6 atom stereocenters. The van der Waals surface area contributed by atoms with E-state index < -0.39 is 55.1 Å². The molecule has 0 radical (unpaired) electrons. The Labute approximate surface area is 198 Å². The number of hydrogen-bond acceptors (Lipinski definition) is 11. The molecule has 2 heterocycles. The molecular formula is C23H25O12+. The minimum atomic E-state index is -1.73. The van der Waals surface area contributed by atoms with E-state index in [0.717, 1.165) is 13.0 Å². The van der Waals surface area contributed by atoms with Crippen LogP contribution in [0.25, 0.3) is 5.76 Å². The van der Waals surface area contributed by atoms with Crippen LogP contribution in [0, 0.1) is 0 Å². The Kier molecular flexibility index (Phi) is 6.63. The predicted molar refractivity (Wildman–Crippen MR) is 117 cm³/mol. The van der Waals surface area contributed by atoms with Crippen LogP contribution < -0.4 is 0 Å². The number of benzene rings is 1. The lowest BCUT2D eigenvalue weighted by molar-refractivity contribution is -0.291. The number of aliphatic hydroxyl groups is 7. The van der Waals surface area contributed by atoms with Crippen molar-refractivity contribution in [1.29, 1.82) is 0 Å². The predicted octanol–water partition coefficient (Wildman–Crippen LogP) is -0.112. The summed E-state index contributed by atoms with van der Waals surface area (Å²) in [4.78, 5) is 11.2. The summed E-state index contributed by atoms with van der Waals surface area (Å²) >= 11 is 0. The maximum Gasteiger partial charge on any atom is 0.305 e. The number of aliphatic hydroxyl groups excluding tert-OH is 5. The third kappa shape index (κ3) is 4.91. The first-order valence-electron chi connectivity index (χ1n) is 10.6. The Hall–Kier alpha value is -3.71. The van der Waals surface area contributed by atoms with E-state index >= 15 is 0 Å². The molecule has 188 valence electrons. The van der Waals surface area contributed by atoms with Gasteiger partial charge in [-0.1, -0.05) is 0 Å². The van der Waals surface area contributed by atoms with Gasteiger partial charge in [0.2, 0.25) is 18.2 Å². The van der Waals surface area contributed by atoms with Crippen LogP contribution >= 0.6 is 0 Å². The number of phenolic OH excluding ortho intramolecular Hbond substituents is 2. The van der Waals surface area contributed by atoms with Crippen LogP contribution in [0.1, 0.15) is 12.5 Å². The lowest BCUT2D eigenvalue weighted by atomic mass is 9.96. The fourth-order valence-corrected chi connectivity index (χ4v) is 3.81. The first-order chi connectivity index (χ1) is 16.5. The molecule has 0 bridgehead atoms. The molecule has 1 saturated heterocycles. The first kappa shape index (κ1) is 24.4. The lowest BCUT2D eigenvalue weighted by Gasteiger charge is -2.40. The molecule has 1 unspecified atom stereocenters. The Morgan fingerprint density at radius 2 is 1.77 bits per heavy atom. The fourth-order valence-electron chi connectivity index (χ4n) is 3.81. The fraction of sp³-hybridized carbons (Fsp3) is 0.348. The Morgan fingerprint density at radius 1 is 1.03 bits per heavy atom. The van der Waals surface area contributed by atoms with Crippen LogP contribution in [0.3, 0.4) is 0 Å². The number of rotatable bonds is 5. The van der Waals surface area contributed by atoms with E-state index in [0.29, 0.717) is 0 Å². The molecule has 0 amide bonds. The summed E-state index contributed by atoms with van der Waals surface area (Å²) < 4.78 is 20.7. The number of fused-ring (bicyclic) bond motifs is 1. The first-order valence-corrected chi connectivity index (χ1v) is 10.6. The minimum Gasteiger partial charge on any atom is -0.571 e. The zero-order chi connectivity index (χ0) is 25.4. The van der Waals surface area contributed by atoms with Crippen LogP contribution in [0.2, 0.25) is 0 Å². The molecule has 0 aromatic heterocycles. The maximum atomic E-state index is 11.2. The summed E-state index contributed by atoms with van der Waals surface area (Å²) in [6.07, 6.45) is -4.78. The van der Waals surface area contributed by atoms with Crippen molar-refractivity contribution in [3.63, 3.8) is 0 Å². The van der Waals surface area contributed by atoms with Gasteiger partial charge < -0.3 is 54.7 Å². The molecule has 12 heteroatoms. The quantitative estimate of drug-likeness (QED) is 0.164. The number of ether oxygens (including phenoxy) is 4. The number of carbonyl (C=O) groups excluding carboxylic acids is 1. The second kappa shape index (κ2) is 9.50. The summed E-state index contributed by atoms with van der Waals surface area (Å²) in [7, 11) is 0. The van der Waals surface area contributed by atoms with Gasteiger partial charge in [-0.05, 0) is 12.1 Å². The van der Waals surface area contributed by atoms with Crippen molar-refractivity contribution in [2.45, 2.75) is 43.7 Å². The van der Waals surface area contributed by atoms with Crippen molar-refractivity contribution in [3.05, 3.63) is 64.8 Å². The monoisotopic (exact) mass is 493 g/mol. The summed E-state index contributed by atoms with van der Waals surface area (Å²) in [5.41, 5.74) is 0.516. The van der Waals surface area contributed by atoms with E-state index in [1.807, 2.05) is 0 Å². The van der Waals surface area contributed by atoms with Crippen LogP contribution in [0.15, 0.2) is 59.3 Å². The van der Waals surface area contributed by atoms with E-state index in [1.54, 1.807) is 0 Å². The number of esters is 1. The highest BCUT2D eigenvalue weighted by Crippen LogP contribution is 2.38. The SMILES string of the molecule is CC(=O)OC[C@H]1O[C@@H](OC2=C(c3ccc(O)c(O)c3)[OH+]C3C=C(O)C=C(O)C3=C2)[C@H](O)[C@@H](O)[C@@H]1O. The van der Waals surface area contributed by atoms with E-state index in [-0.39, 0.29) is 39.9 Å². The highest BCUT2D eigenvalue weighted by atomic mass is 16.7. The average Bonchev–Trinajstić information content (AvgIpc) is 2.80. The van der Waals surface area contributed by atoms with Gasteiger partial charge in [-0.25, -0.2) is 0 Å². The second-order valence-electron chi connectivity index (χ2n) is 8.15. The Morgan fingerprint density at radius 3 is 2.46 bits per heavy atom. The van der Waals surface area contributed by atoms with Crippen LogP contribution in [0.4, 0.5) is 0 Å². The van der Waals surface area contributed by atoms with Gasteiger partial charge in [-0.15, -0.1) is 0 Å². The van der Waals surface area contributed by atoms with Crippen LogP contribution in [-0.4, -0.2) is 89.9 Å². The molecule has 35 heavy (non-hydrogen) atoms. The topological polar surface area (TPSA) is 199 Å². The molecule has 0 spiro atoms. The van der Waals surface area contributed by atoms with Gasteiger partial charge in [0.15, 0.2) is 11.5 Å². The van der Waals surface area contributed by atoms with Crippen molar-refractivity contribution in [2.24, 2.45) is 0 Å². The van der Waals surface area contributed by atoms with Crippen molar-refractivity contribution >= 4 is 11.7 Å². The summed E-state index contributed by atoms with van der Waals surface area (Å²) in [6, 6.07) is 3.86. The number of hydrogen-bond donors (Lipinski definition) is 7. The Balaban J connectivity index is 1.71. The van der Waals surface area contributed by atoms with Crippen molar-refractivity contribution in [2.75, 3.05) is 6.61 Å². The molecule has 1 aromatic carbocycles. The standard InChI is InChI=1S/C23H24O12/c1-9(24)32-8-18-19(29)20(30)21(31)23(35-18)34-17-7-12-14(27)5-11(25)6-16(12)33-22(17)10-2-3-13(26)15(28)4-10/h2-7,16,18-21,23,25-31H,8H2,1H3/p+1/t16?,18-,19-,20+,21-,23-/m1/s1. The number of carbonyl (C=O) groups is 1. The molecule has 1 fully saturated rings. The minimum absolute atomic E-state index is 0.0602. The van der Waals surface area contributed by atoms with Crippen LogP contribution in [0.5, 0.6) is 11.5 Å². The molecule has 0 saturated carbocycles. The van der Waals surface area contributed by atoms with E-state index in [2.05, 4.69) is 4.74 Å². The van der Waals surface area contributed by atoms with Gasteiger partial charge in [0, 0.05) is 25.1 Å². The zero-order valence-electron chi connectivity index (χ0n) is 18.3. The second-order valence-corrected chi connectivity index (χ2v) is 8.15. The smallest absolute Gasteiger partial charge is 0.305 e. The van der Waals surface area contributed by atoms with Gasteiger partial charge in [0.1, 0.15) is 42.5 Å². The van der Waals surface area contributed by atoms with Crippen molar-refractivity contribution < 1.29 is 59.5 Å². The lowest BCUT2D eigenvalue weighted by Crippen LogP contribution is -2.59. The third-order valence-corrected chi connectivity index (χ3v) is 5.63. The number of aromatic hydroxyl groups is 2. The molecule has 12 nitrogen and oxygen atoms in total. The highest BCUT2D eigenvalue weighted by Gasteiger charge is 2.47. The van der Waals surface area contributed by atoms with E-state index in [1.165, 1.54) is 30.4 Å². The maximum absolute atomic E-state index is 11.2. The van der Waals surface area contributed by atoms with E-state index in [4.69, 9.17) is 14.2 Å². The summed E-state index contributed by atoms with van der Waals surface area (Å²) in [6.45, 7) is 0.736. The molecule has 1 aromatic rings. The van der Waals surface area contributed by atoms with Crippen molar-refractivity contribution in [1.82, 2.24) is 0 Å². The van der Waals surface area contributed by atoms with Gasteiger partial charge in [0.25, 0.3) is 0 Å². The summed E-state index contributed by atoms with van der Waals surface area (Å²) in [5, 5.41) is 70.8. The molecule has 4 rings (SSSR count). The molecule has 3 aliphatic rings. The zero-order valence-corrected chi connectivity index (χ0v) is 18.3. The molecule has 2 aliphatic heterocycles. The molecule has 1 aliphatic carbocycles. The number of phenols is 2. The molecular weight excluding hydrogens is 468 g/mol. The van der Waals surface area contributed by atoms with E-state index in [9.17, 15) is 40.5 Å². The number of allylic oxidation sites excluding steroid dienone is 2. The molecule has 8 N–H and O–H groups in total. The van der Waals surface area contributed by atoms with Gasteiger partial charge >= 0.3 is 11.7 Å². The van der Waals surface area contributed by atoms with Crippen molar-refractivity contribution in [3.8, 4) is 11.5 Å². The highest BCUT2D eigenvalue weighted by molar-refractivity contribution is 5.69. The largest absolute Gasteiger partial charge is 0.571 e. The van der Waals surface area contributed by atoms with Gasteiger partial charge in [-0.3, -0.25) is 4.79 Å². The average molecular weight is 493 g/mol. The van der Waals surface area contributed by atoms with Crippen LogP contribution in [-0.2, 0) is 19.0 Å².